The van der Waals surface area contributed by atoms with Crippen molar-refractivity contribution in [3.63, 3.8) is 0 Å². The Balaban J connectivity index is 2.97. The molecule has 0 aliphatic carbocycles. The molecule has 8 heteroatoms. The van der Waals surface area contributed by atoms with Crippen molar-refractivity contribution in [2.45, 2.75) is 6.92 Å². The monoisotopic (exact) mass is 399 g/mol. The fraction of sp³-hybridized carbons (Fsp3) is 0.300. The SMILES string of the molecule is CCOC(=O)c1ccc(NS(=O)(=O)CBr)c(Br)c1. The van der Waals surface area contributed by atoms with Crippen LogP contribution in [0.3, 0.4) is 0 Å². The Kier molecular flexibility index (Phi) is 5.61. The maximum Gasteiger partial charge on any atom is 0.338 e. The lowest BCUT2D eigenvalue weighted by molar-refractivity contribution is 0.0526. The highest BCUT2D eigenvalue weighted by atomic mass is 79.9. The third-order valence-corrected chi connectivity index (χ3v) is 5.17. The quantitative estimate of drug-likeness (QED) is 0.609. The standard InChI is InChI=1S/C10H11Br2NO4S/c1-2-17-10(14)7-3-4-9(8(12)5-7)13-18(15,16)6-11/h3-5,13H,2,6H2,1H3. The number of rotatable bonds is 5. The van der Waals surface area contributed by atoms with Crippen LogP contribution in [0.15, 0.2) is 22.7 Å². The molecule has 5 nitrogen and oxygen atoms in total. The van der Waals surface area contributed by atoms with E-state index < -0.39 is 16.0 Å². The highest BCUT2D eigenvalue weighted by Crippen LogP contribution is 2.25. The van der Waals surface area contributed by atoms with Crippen LogP contribution in [-0.4, -0.2) is 25.7 Å². The second kappa shape index (κ2) is 6.53. The van der Waals surface area contributed by atoms with Crippen LogP contribution in [-0.2, 0) is 14.8 Å². The number of carbonyl (C=O) groups excluding carboxylic acids is 1. The molecular weight excluding hydrogens is 390 g/mol. The molecule has 1 aromatic carbocycles. The van der Waals surface area contributed by atoms with Gasteiger partial charge in [-0.3, -0.25) is 4.72 Å². The minimum Gasteiger partial charge on any atom is -0.462 e. The lowest BCUT2D eigenvalue weighted by Gasteiger charge is -2.09. The minimum atomic E-state index is -3.42. The van der Waals surface area contributed by atoms with Crippen molar-refractivity contribution < 1.29 is 17.9 Å². The first kappa shape index (κ1) is 15.5. The predicted molar refractivity (Wildman–Crippen MR) is 76.4 cm³/mol. The molecule has 0 aliphatic heterocycles. The van der Waals surface area contributed by atoms with E-state index >= 15 is 0 Å². The third-order valence-electron chi connectivity index (χ3n) is 1.89. The van der Waals surface area contributed by atoms with Gasteiger partial charge in [0.1, 0.15) is 4.66 Å². The molecule has 0 saturated carbocycles. The van der Waals surface area contributed by atoms with Crippen molar-refractivity contribution in [2.24, 2.45) is 0 Å². The van der Waals surface area contributed by atoms with Crippen molar-refractivity contribution in [3.05, 3.63) is 28.2 Å². The second-order valence-electron chi connectivity index (χ2n) is 3.24. The topological polar surface area (TPSA) is 72.5 Å². The number of esters is 1. The molecule has 1 N–H and O–H groups in total. The van der Waals surface area contributed by atoms with Crippen molar-refractivity contribution >= 4 is 53.5 Å². The summed E-state index contributed by atoms with van der Waals surface area (Å²) in [5, 5.41) is 0. The van der Waals surface area contributed by atoms with Crippen LogP contribution in [0.25, 0.3) is 0 Å². The molecule has 0 radical (unpaired) electrons. The molecule has 1 rings (SSSR count). The summed E-state index contributed by atoms with van der Waals surface area (Å²) < 4.78 is 30.2. The van der Waals surface area contributed by atoms with E-state index in [0.717, 1.165) is 0 Å². The van der Waals surface area contributed by atoms with Gasteiger partial charge in [0.05, 0.1) is 17.9 Å². The van der Waals surface area contributed by atoms with Crippen molar-refractivity contribution in [2.75, 3.05) is 16.0 Å². The first-order valence-electron chi connectivity index (χ1n) is 4.92. The molecule has 0 amide bonds. The molecular formula is C10H11Br2NO4S. The predicted octanol–water partition coefficient (Wildman–Crippen LogP) is 2.72. The first-order valence-corrected chi connectivity index (χ1v) is 8.49. The van der Waals surface area contributed by atoms with Crippen LogP contribution in [0.1, 0.15) is 17.3 Å². The number of alkyl halides is 1. The number of sulfonamides is 1. The summed E-state index contributed by atoms with van der Waals surface area (Å²) in [6.45, 7) is 2.00. The molecule has 0 bridgehead atoms. The van der Waals surface area contributed by atoms with E-state index in [1.54, 1.807) is 6.92 Å². The Hall–Kier alpha value is -0.600. The molecule has 18 heavy (non-hydrogen) atoms. The van der Waals surface area contributed by atoms with Gasteiger partial charge in [-0.2, -0.15) is 0 Å². The molecule has 0 aromatic heterocycles. The van der Waals surface area contributed by atoms with Gasteiger partial charge in [0.25, 0.3) is 0 Å². The first-order chi connectivity index (χ1) is 8.39. The smallest absolute Gasteiger partial charge is 0.338 e. The van der Waals surface area contributed by atoms with Gasteiger partial charge in [-0.1, -0.05) is 15.9 Å². The van der Waals surface area contributed by atoms with E-state index in [1.165, 1.54) is 18.2 Å². The van der Waals surface area contributed by atoms with Gasteiger partial charge < -0.3 is 4.74 Å². The Morgan fingerprint density at radius 2 is 2.11 bits per heavy atom. The second-order valence-corrected chi connectivity index (χ2v) is 7.12. The number of halogens is 2. The summed E-state index contributed by atoms with van der Waals surface area (Å²) in [5.74, 6) is -0.451. The fourth-order valence-electron chi connectivity index (χ4n) is 1.13. The lowest BCUT2D eigenvalue weighted by atomic mass is 10.2. The normalized spacial score (nSPS) is 11.1. The third kappa shape index (κ3) is 4.25. The molecule has 0 unspecified atom stereocenters. The maximum absolute atomic E-state index is 11.5. The zero-order valence-electron chi connectivity index (χ0n) is 9.44. The Morgan fingerprint density at radius 1 is 1.44 bits per heavy atom. The van der Waals surface area contributed by atoms with Gasteiger partial charge >= 0.3 is 5.97 Å². The van der Waals surface area contributed by atoms with E-state index in [0.29, 0.717) is 15.7 Å². The summed E-state index contributed by atoms with van der Waals surface area (Å²) in [6.07, 6.45) is 0. The molecule has 0 saturated heterocycles. The van der Waals surface area contributed by atoms with E-state index in [4.69, 9.17) is 4.74 Å². The van der Waals surface area contributed by atoms with Crippen molar-refractivity contribution in [3.8, 4) is 0 Å². The molecule has 100 valence electrons. The van der Waals surface area contributed by atoms with Crippen LogP contribution in [0.5, 0.6) is 0 Å². The average molecular weight is 401 g/mol. The van der Waals surface area contributed by atoms with Gasteiger partial charge in [0.15, 0.2) is 0 Å². The zero-order chi connectivity index (χ0) is 13.8. The van der Waals surface area contributed by atoms with E-state index in [1.807, 2.05) is 0 Å². The Morgan fingerprint density at radius 3 is 2.61 bits per heavy atom. The van der Waals surface area contributed by atoms with Gasteiger partial charge in [0.2, 0.25) is 10.0 Å². The minimum absolute atomic E-state index is 0.202. The van der Waals surface area contributed by atoms with E-state index in [2.05, 4.69) is 36.6 Å². The van der Waals surface area contributed by atoms with Crippen LogP contribution < -0.4 is 4.72 Å². The molecule has 0 fully saturated rings. The fourth-order valence-corrected chi connectivity index (χ4v) is 2.65. The van der Waals surface area contributed by atoms with Crippen LogP contribution in [0.4, 0.5) is 5.69 Å². The van der Waals surface area contributed by atoms with Gasteiger partial charge in [-0.25, -0.2) is 13.2 Å². The summed E-state index contributed by atoms with van der Waals surface area (Å²) in [7, 11) is -3.42. The zero-order valence-corrected chi connectivity index (χ0v) is 13.4. The Bertz CT molecular complexity index is 545. The Labute approximate surface area is 122 Å². The maximum atomic E-state index is 11.5. The summed E-state index contributed by atoms with van der Waals surface area (Å²) in [5.41, 5.74) is 0.716. The summed E-state index contributed by atoms with van der Waals surface area (Å²) >= 11 is 6.07. The number of nitrogens with one attached hydrogen (secondary N) is 1. The van der Waals surface area contributed by atoms with Crippen LogP contribution in [0, 0.1) is 0 Å². The highest BCUT2D eigenvalue weighted by molar-refractivity contribution is 9.11. The largest absolute Gasteiger partial charge is 0.462 e. The number of anilines is 1. The number of hydrogen-bond donors (Lipinski definition) is 1. The van der Waals surface area contributed by atoms with Crippen molar-refractivity contribution in [1.82, 2.24) is 0 Å². The number of benzene rings is 1. The molecule has 0 heterocycles. The van der Waals surface area contributed by atoms with Crippen LogP contribution in [0.2, 0.25) is 0 Å². The van der Waals surface area contributed by atoms with Gasteiger partial charge in [0, 0.05) is 4.47 Å². The molecule has 0 spiro atoms. The molecule has 0 atom stereocenters. The van der Waals surface area contributed by atoms with Crippen molar-refractivity contribution in [1.29, 1.82) is 0 Å². The average Bonchev–Trinajstić information content (AvgIpc) is 2.32. The van der Waals surface area contributed by atoms with Gasteiger partial charge in [-0.15, -0.1) is 0 Å². The number of carbonyl (C=O) groups is 1. The summed E-state index contributed by atoms with van der Waals surface area (Å²) in [4.78, 5) is 11.5. The van der Waals surface area contributed by atoms with Gasteiger partial charge in [-0.05, 0) is 41.1 Å². The lowest BCUT2D eigenvalue weighted by Crippen LogP contribution is -2.14. The number of hydrogen-bond acceptors (Lipinski definition) is 4. The van der Waals surface area contributed by atoms with Crippen LogP contribution >= 0.6 is 31.9 Å². The summed E-state index contributed by atoms with van der Waals surface area (Å²) in [6, 6.07) is 4.50. The highest BCUT2D eigenvalue weighted by Gasteiger charge is 2.13. The van der Waals surface area contributed by atoms with E-state index in [9.17, 15) is 13.2 Å². The van der Waals surface area contributed by atoms with E-state index in [-0.39, 0.29) is 11.3 Å². The number of ether oxygens (including phenoxy) is 1. The molecule has 0 aliphatic rings. The molecule has 1 aromatic rings.